The first-order valence-electron chi connectivity index (χ1n) is 14.5. The Bertz CT molecular complexity index is 785. The Hall–Kier alpha value is -1.14. The highest BCUT2D eigenvalue weighted by molar-refractivity contribution is 5.85. The molecule has 200 valence electrons. The van der Waals surface area contributed by atoms with E-state index in [2.05, 4.69) is 38.2 Å². The molecule has 4 aliphatic rings. The van der Waals surface area contributed by atoms with Crippen molar-refractivity contribution in [2.45, 2.75) is 111 Å². The smallest absolute Gasteiger partial charge is 0.393 e. The second-order valence-corrected chi connectivity index (χ2v) is 13.0. The molecule has 0 bridgehead atoms. The Balaban J connectivity index is 1.43. The van der Waals surface area contributed by atoms with Crippen LogP contribution in [0.1, 0.15) is 99.3 Å². The Morgan fingerprint density at radius 3 is 2.51 bits per heavy atom. The van der Waals surface area contributed by atoms with Gasteiger partial charge in [-0.3, -0.25) is 4.84 Å². The summed E-state index contributed by atoms with van der Waals surface area (Å²) in [6, 6.07) is 0.0812. The maximum absolute atomic E-state index is 12.8. The molecule has 0 aromatic rings. The van der Waals surface area contributed by atoms with Gasteiger partial charge in [-0.25, -0.2) is 4.79 Å². The van der Waals surface area contributed by atoms with Gasteiger partial charge in [0.15, 0.2) is 0 Å². The summed E-state index contributed by atoms with van der Waals surface area (Å²) in [7, 11) is 0. The van der Waals surface area contributed by atoms with E-state index in [1.54, 1.807) is 4.90 Å². The van der Waals surface area contributed by atoms with E-state index in [-0.39, 0.29) is 23.7 Å². The van der Waals surface area contributed by atoms with Crippen LogP contribution >= 0.6 is 0 Å². The number of hydrogen-bond donors (Lipinski definition) is 2. The van der Waals surface area contributed by atoms with Crippen LogP contribution in [-0.4, -0.2) is 53.6 Å². The third kappa shape index (κ3) is 5.03. The molecule has 2 N–H and O–H groups in total. The van der Waals surface area contributed by atoms with Crippen LogP contribution < -0.4 is 5.32 Å². The summed E-state index contributed by atoms with van der Waals surface area (Å²) >= 11 is 0. The number of nitrogens with one attached hydrogen (secondary N) is 1. The second-order valence-electron chi connectivity index (χ2n) is 13.0. The van der Waals surface area contributed by atoms with Crippen molar-refractivity contribution in [1.82, 2.24) is 10.2 Å². The van der Waals surface area contributed by atoms with Gasteiger partial charge in [-0.1, -0.05) is 25.9 Å². The average Bonchev–Trinajstić information content (AvgIpc) is 3.17. The molecule has 0 unspecified atom stereocenters. The predicted molar refractivity (Wildman–Crippen MR) is 141 cm³/mol. The van der Waals surface area contributed by atoms with Crippen molar-refractivity contribution in [2.24, 2.45) is 45.6 Å². The fourth-order valence-corrected chi connectivity index (χ4v) is 9.09. The maximum atomic E-state index is 12.8. The lowest BCUT2D eigenvalue weighted by Crippen LogP contribution is -2.54. The molecule has 0 saturated heterocycles. The van der Waals surface area contributed by atoms with Gasteiger partial charge < -0.3 is 15.3 Å². The number of aliphatic hydroxyl groups excluding tert-OH is 1. The maximum Gasteiger partial charge on any atom is 0.436 e. The monoisotopic (exact) mass is 489 g/mol. The first kappa shape index (κ1) is 26.9. The molecule has 4 aliphatic carbocycles. The minimum atomic E-state index is -0.341. The number of hydrogen-bond acceptors (Lipinski definition) is 5. The first-order valence-corrected chi connectivity index (χ1v) is 14.5. The SMILES string of the molecule is CCNCCN(C(=O)O/N=C(\C)[C@H]1CC[C@H]2[C@@H]3CC[C@@H]4C[C@@H](O)CC[C@]4(C)[C@H]3CC[C@]12C)C(C)C. The minimum absolute atomic E-state index is 0.0783. The number of nitrogens with zero attached hydrogens (tertiary/aromatic N) is 2. The molecule has 0 aromatic carbocycles. The van der Waals surface area contributed by atoms with Crippen molar-refractivity contribution in [1.29, 1.82) is 0 Å². The number of likely N-dealkylation sites (N-methyl/N-ethyl adjacent to an activating group) is 1. The highest BCUT2D eigenvalue weighted by atomic mass is 16.7. The topological polar surface area (TPSA) is 74.2 Å². The molecule has 0 aromatic heterocycles. The first-order chi connectivity index (χ1) is 16.6. The highest BCUT2D eigenvalue weighted by Gasteiger charge is 2.60. The molecule has 6 nitrogen and oxygen atoms in total. The Morgan fingerprint density at radius 1 is 1.09 bits per heavy atom. The number of amides is 1. The zero-order chi connectivity index (χ0) is 25.4. The van der Waals surface area contributed by atoms with Gasteiger partial charge in [-0.15, -0.1) is 0 Å². The van der Waals surface area contributed by atoms with Crippen LogP contribution in [-0.2, 0) is 4.84 Å². The quantitative estimate of drug-likeness (QED) is 0.204. The third-order valence-corrected chi connectivity index (χ3v) is 11.0. The number of carbonyl (C=O) groups excluding carboxylic acids is 1. The van der Waals surface area contributed by atoms with Crippen LogP contribution in [0.3, 0.4) is 0 Å². The van der Waals surface area contributed by atoms with E-state index in [0.717, 1.165) is 55.8 Å². The molecule has 4 rings (SSSR count). The second kappa shape index (κ2) is 10.7. The zero-order valence-electron chi connectivity index (χ0n) is 23.2. The molecule has 0 radical (unpaired) electrons. The van der Waals surface area contributed by atoms with Crippen molar-refractivity contribution < 1.29 is 14.7 Å². The van der Waals surface area contributed by atoms with Crippen LogP contribution in [0.5, 0.6) is 0 Å². The molecule has 35 heavy (non-hydrogen) atoms. The van der Waals surface area contributed by atoms with E-state index in [0.29, 0.717) is 23.8 Å². The number of fused-ring (bicyclic) bond motifs is 5. The fraction of sp³-hybridized carbons (Fsp3) is 0.931. The number of oxime groups is 1. The standard InChI is InChI=1S/C29H51N3O3/c1-7-30-16-17-32(19(2)3)27(34)35-31-20(4)24-10-11-25-23-9-8-21-18-22(33)12-14-28(21,5)26(23)13-15-29(24,25)6/h19,21-26,30,33H,7-18H2,1-6H3/b31-20+/t21-,22+,23+,24-,25+,26+,28+,29-/m1/s1. The molecular formula is C29H51N3O3. The summed E-state index contributed by atoms with van der Waals surface area (Å²) in [6.07, 6.45) is 10.4. The summed E-state index contributed by atoms with van der Waals surface area (Å²) in [6.45, 7) is 15.5. The molecule has 4 fully saturated rings. The van der Waals surface area contributed by atoms with Gasteiger partial charge in [0.05, 0.1) is 11.8 Å². The van der Waals surface area contributed by atoms with Crippen LogP contribution in [0, 0.1) is 40.4 Å². The Labute approximate surface area is 213 Å². The van der Waals surface area contributed by atoms with Gasteiger partial charge in [0.25, 0.3) is 0 Å². The molecule has 1 amide bonds. The van der Waals surface area contributed by atoms with E-state index in [1.807, 2.05) is 13.8 Å². The van der Waals surface area contributed by atoms with Gasteiger partial charge in [-0.05, 0) is 120 Å². The molecule has 0 aliphatic heterocycles. The van der Waals surface area contributed by atoms with Gasteiger partial charge >= 0.3 is 6.09 Å². The van der Waals surface area contributed by atoms with Crippen LogP contribution in [0.25, 0.3) is 0 Å². The van der Waals surface area contributed by atoms with Crippen molar-refractivity contribution >= 4 is 11.8 Å². The lowest BCUT2D eigenvalue weighted by molar-refractivity contribution is -0.123. The van der Waals surface area contributed by atoms with Crippen molar-refractivity contribution in [2.75, 3.05) is 19.6 Å². The molecule has 0 spiro atoms. The molecule has 8 atom stereocenters. The van der Waals surface area contributed by atoms with Crippen LogP contribution in [0.2, 0.25) is 0 Å². The van der Waals surface area contributed by atoms with E-state index in [4.69, 9.17) is 4.84 Å². The summed E-state index contributed by atoms with van der Waals surface area (Å²) in [4.78, 5) is 20.1. The summed E-state index contributed by atoms with van der Waals surface area (Å²) in [5, 5.41) is 18.0. The van der Waals surface area contributed by atoms with E-state index < -0.39 is 0 Å². The Kier molecular flexibility index (Phi) is 8.22. The van der Waals surface area contributed by atoms with E-state index >= 15 is 0 Å². The van der Waals surface area contributed by atoms with Crippen molar-refractivity contribution in [3.63, 3.8) is 0 Å². The fourth-order valence-electron chi connectivity index (χ4n) is 9.09. The normalized spacial score (nSPS) is 41.2. The number of rotatable bonds is 7. The average molecular weight is 490 g/mol. The molecule has 0 heterocycles. The Morgan fingerprint density at radius 2 is 1.80 bits per heavy atom. The molecule has 6 heteroatoms. The van der Waals surface area contributed by atoms with Crippen molar-refractivity contribution in [3.05, 3.63) is 0 Å². The predicted octanol–water partition coefficient (Wildman–Crippen LogP) is 5.84. The van der Waals surface area contributed by atoms with E-state index in [1.165, 1.54) is 38.5 Å². The minimum Gasteiger partial charge on any atom is -0.393 e. The van der Waals surface area contributed by atoms with Gasteiger partial charge in [0.2, 0.25) is 0 Å². The zero-order valence-corrected chi connectivity index (χ0v) is 23.2. The molecule has 4 saturated carbocycles. The highest BCUT2D eigenvalue weighted by Crippen LogP contribution is 2.67. The number of carbonyl (C=O) groups is 1. The van der Waals surface area contributed by atoms with Gasteiger partial charge in [-0.2, -0.15) is 0 Å². The summed E-state index contributed by atoms with van der Waals surface area (Å²) < 4.78 is 0. The van der Waals surface area contributed by atoms with Crippen LogP contribution in [0.4, 0.5) is 4.79 Å². The van der Waals surface area contributed by atoms with E-state index in [9.17, 15) is 9.90 Å². The summed E-state index contributed by atoms with van der Waals surface area (Å²) in [5.74, 6) is 3.44. The van der Waals surface area contributed by atoms with Gasteiger partial charge in [0.1, 0.15) is 0 Å². The number of aliphatic hydroxyl groups is 1. The van der Waals surface area contributed by atoms with Crippen molar-refractivity contribution in [3.8, 4) is 0 Å². The largest absolute Gasteiger partial charge is 0.436 e. The van der Waals surface area contributed by atoms with Gasteiger partial charge in [0, 0.05) is 25.0 Å². The summed E-state index contributed by atoms with van der Waals surface area (Å²) in [5.41, 5.74) is 1.66. The van der Waals surface area contributed by atoms with Crippen LogP contribution in [0.15, 0.2) is 5.16 Å². The third-order valence-electron chi connectivity index (χ3n) is 11.0. The lowest BCUT2D eigenvalue weighted by atomic mass is 9.44. The lowest BCUT2D eigenvalue weighted by Gasteiger charge is -2.61. The molecular weight excluding hydrogens is 438 g/mol.